The average molecular weight is 345 g/mol. The van der Waals surface area contributed by atoms with Crippen LogP contribution in [0, 0.1) is 0 Å². The van der Waals surface area contributed by atoms with Crippen molar-refractivity contribution in [3.05, 3.63) is 58.0 Å². The second-order valence-electron chi connectivity index (χ2n) is 6.80. The van der Waals surface area contributed by atoms with E-state index in [-0.39, 0.29) is 18.7 Å². The van der Waals surface area contributed by atoms with Crippen molar-refractivity contribution in [2.24, 2.45) is 0 Å². The highest BCUT2D eigenvalue weighted by atomic mass is 16.6. The van der Waals surface area contributed by atoms with Gasteiger partial charge in [-0.1, -0.05) is 18.2 Å². The van der Waals surface area contributed by atoms with Crippen molar-refractivity contribution >= 4 is 11.9 Å². The molecule has 0 bridgehead atoms. The fourth-order valence-electron chi connectivity index (χ4n) is 2.29. The first kappa shape index (κ1) is 18.7. The van der Waals surface area contributed by atoms with Crippen molar-refractivity contribution in [1.29, 1.82) is 0 Å². The van der Waals surface area contributed by atoms with Crippen LogP contribution in [0.15, 0.2) is 46.9 Å². The fourth-order valence-corrected chi connectivity index (χ4v) is 2.29. The minimum absolute atomic E-state index is 0.158. The molecule has 0 amide bonds. The predicted octanol–water partition coefficient (Wildman–Crippen LogP) is 2.62. The Morgan fingerprint density at radius 1 is 1.24 bits per heavy atom. The SMILES string of the molecule is CC(C)(C)OC(=O)Cn1ccc(C(=O)OCC2=CCCC=C2)cc1=O. The van der Waals surface area contributed by atoms with Gasteiger partial charge in [-0.05, 0) is 45.3 Å². The Morgan fingerprint density at radius 2 is 2.00 bits per heavy atom. The molecule has 0 saturated carbocycles. The van der Waals surface area contributed by atoms with Crippen molar-refractivity contribution in [3.63, 3.8) is 0 Å². The van der Waals surface area contributed by atoms with Crippen molar-refractivity contribution in [2.75, 3.05) is 6.61 Å². The summed E-state index contributed by atoms with van der Waals surface area (Å²) in [6.07, 6.45) is 9.29. The number of rotatable bonds is 5. The summed E-state index contributed by atoms with van der Waals surface area (Å²) in [7, 11) is 0. The highest BCUT2D eigenvalue weighted by molar-refractivity contribution is 5.89. The second-order valence-corrected chi connectivity index (χ2v) is 6.80. The van der Waals surface area contributed by atoms with Gasteiger partial charge in [0.2, 0.25) is 0 Å². The molecule has 1 aromatic heterocycles. The van der Waals surface area contributed by atoms with Crippen molar-refractivity contribution in [2.45, 2.75) is 45.8 Å². The molecule has 0 aromatic carbocycles. The molecule has 0 atom stereocenters. The molecule has 2 rings (SSSR count). The number of hydrogen-bond donors (Lipinski definition) is 0. The number of nitrogens with zero attached hydrogens (tertiary/aromatic N) is 1. The number of carbonyl (C=O) groups is 2. The van der Waals surface area contributed by atoms with E-state index in [2.05, 4.69) is 0 Å². The highest BCUT2D eigenvalue weighted by Crippen LogP contribution is 2.11. The Balaban J connectivity index is 1.97. The normalized spacial score (nSPS) is 14.0. The lowest BCUT2D eigenvalue weighted by molar-refractivity contribution is -0.155. The second kappa shape index (κ2) is 7.96. The van der Waals surface area contributed by atoms with Crippen LogP contribution >= 0.6 is 0 Å². The monoisotopic (exact) mass is 345 g/mol. The Morgan fingerprint density at radius 3 is 2.60 bits per heavy atom. The summed E-state index contributed by atoms with van der Waals surface area (Å²) in [5.41, 5.74) is 0.0212. The first-order valence-corrected chi connectivity index (χ1v) is 8.20. The van der Waals surface area contributed by atoms with Gasteiger partial charge in [0.15, 0.2) is 0 Å². The smallest absolute Gasteiger partial charge is 0.338 e. The summed E-state index contributed by atoms with van der Waals surface area (Å²) in [5.74, 6) is -1.08. The molecule has 1 heterocycles. The van der Waals surface area contributed by atoms with E-state index in [0.29, 0.717) is 0 Å². The third-order valence-corrected chi connectivity index (χ3v) is 3.39. The lowest BCUT2D eigenvalue weighted by atomic mass is 10.1. The molecule has 0 fully saturated rings. The summed E-state index contributed by atoms with van der Waals surface area (Å²) < 4.78 is 11.6. The maximum absolute atomic E-state index is 12.1. The number of esters is 2. The molecule has 0 N–H and O–H groups in total. The first-order valence-electron chi connectivity index (χ1n) is 8.20. The van der Waals surface area contributed by atoms with Crippen LogP contribution in [0.5, 0.6) is 0 Å². The van der Waals surface area contributed by atoms with E-state index in [1.807, 2.05) is 18.2 Å². The molecular weight excluding hydrogens is 322 g/mol. The van der Waals surface area contributed by atoms with Crippen LogP contribution in [0.4, 0.5) is 0 Å². The zero-order valence-corrected chi connectivity index (χ0v) is 14.8. The van der Waals surface area contributed by atoms with Crippen LogP contribution in [0.25, 0.3) is 0 Å². The van der Waals surface area contributed by atoms with E-state index in [1.54, 1.807) is 20.8 Å². The molecule has 6 nitrogen and oxygen atoms in total. The Bertz CT molecular complexity index is 765. The Kier molecular flexibility index (Phi) is 5.96. The predicted molar refractivity (Wildman–Crippen MR) is 93.3 cm³/mol. The molecule has 0 radical (unpaired) electrons. The van der Waals surface area contributed by atoms with Gasteiger partial charge in [0, 0.05) is 12.3 Å². The highest BCUT2D eigenvalue weighted by Gasteiger charge is 2.17. The lowest BCUT2D eigenvalue weighted by Gasteiger charge is -2.19. The van der Waals surface area contributed by atoms with E-state index in [4.69, 9.17) is 9.47 Å². The quantitative estimate of drug-likeness (QED) is 0.767. The molecule has 0 spiro atoms. The molecule has 1 aliphatic carbocycles. The molecule has 25 heavy (non-hydrogen) atoms. The number of ether oxygens (including phenoxy) is 2. The van der Waals surface area contributed by atoms with E-state index in [0.717, 1.165) is 24.5 Å². The largest absolute Gasteiger partial charge is 0.459 e. The minimum Gasteiger partial charge on any atom is -0.459 e. The van der Waals surface area contributed by atoms with E-state index in [1.165, 1.54) is 16.8 Å². The maximum atomic E-state index is 12.1. The van der Waals surface area contributed by atoms with Gasteiger partial charge >= 0.3 is 11.9 Å². The molecule has 1 aromatic rings. The molecule has 0 aliphatic heterocycles. The van der Waals surface area contributed by atoms with Crippen LogP contribution in [0.1, 0.15) is 44.0 Å². The number of allylic oxidation sites excluding steroid dienone is 2. The van der Waals surface area contributed by atoms with Gasteiger partial charge in [-0.3, -0.25) is 9.59 Å². The van der Waals surface area contributed by atoms with Crippen LogP contribution in [0.2, 0.25) is 0 Å². The van der Waals surface area contributed by atoms with Gasteiger partial charge in [-0.2, -0.15) is 0 Å². The zero-order chi connectivity index (χ0) is 18.4. The van der Waals surface area contributed by atoms with Gasteiger partial charge in [-0.15, -0.1) is 0 Å². The molecule has 0 saturated heterocycles. The van der Waals surface area contributed by atoms with Gasteiger partial charge in [0.05, 0.1) is 5.56 Å². The Hall–Kier alpha value is -2.63. The molecule has 6 heteroatoms. The molecule has 134 valence electrons. The maximum Gasteiger partial charge on any atom is 0.338 e. The minimum atomic E-state index is -0.618. The zero-order valence-electron chi connectivity index (χ0n) is 14.8. The van der Waals surface area contributed by atoms with E-state index >= 15 is 0 Å². The van der Waals surface area contributed by atoms with E-state index in [9.17, 15) is 14.4 Å². The van der Waals surface area contributed by atoms with Crippen molar-refractivity contribution in [3.8, 4) is 0 Å². The number of pyridine rings is 1. The number of hydrogen-bond acceptors (Lipinski definition) is 5. The van der Waals surface area contributed by atoms with Gasteiger partial charge in [0.25, 0.3) is 5.56 Å². The van der Waals surface area contributed by atoms with Gasteiger partial charge in [0.1, 0.15) is 18.8 Å². The fraction of sp³-hybridized carbons (Fsp3) is 0.421. The van der Waals surface area contributed by atoms with Crippen LogP contribution in [-0.2, 0) is 20.8 Å². The summed E-state index contributed by atoms with van der Waals surface area (Å²) in [6.45, 7) is 5.23. The molecular formula is C19H23NO5. The van der Waals surface area contributed by atoms with Gasteiger partial charge in [-0.25, -0.2) is 4.79 Å². The summed E-state index contributed by atoms with van der Waals surface area (Å²) in [5, 5.41) is 0. The topological polar surface area (TPSA) is 74.6 Å². The summed E-state index contributed by atoms with van der Waals surface area (Å²) in [6, 6.07) is 2.62. The first-order chi connectivity index (χ1) is 11.7. The van der Waals surface area contributed by atoms with Crippen LogP contribution in [-0.4, -0.2) is 28.7 Å². The number of aromatic nitrogens is 1. The van der Waals surface area contributed by atoms with Crippen LogP contribution in [0.3, 0.4) is 0 Å². The third-order valence-electron chi connectivity index (χ3n) is 3.39. The van der Waals surface area contributed by atoms with Crippen LogP contribution < -0.4 is 5.56 Å². The third kappa shape index (κ3) is 6.06. The van der Waals surface area contributed by atoms with Crippen molar-refractivity contribution in [1.82, 2.24) is 4.57 Å². The number of carbonyl (C=O) groups excluding carboxylic acids is 2. The molecule has 0 unspecified atom stereocenters. The molecule has 1 aliphatic rings. The van der Waals surface area contributed by atoms with E-state index < -0.39 is 23.1 Å². The summed E-state index contributed by atoms with van der Waals surface area (Å²) in [4.78, 5) is 35.9. The summed E-state index contributed by atoms with van der Waals surface area (Å²) >= 11 is 0. The van der Waals surface area contributed by atoms with Gasteiger partial charge < -0.3 is 14.0 Å². The lowest BCUT2D eigenvalue weighted by Crippen LogP contribution is -2.30. The Labute approximate surface area is 146 Å². The average Bonchev–Trinajstić information content (AvgIpc) is 2.53. The van der Waals surface area contributed by atoms with Crippen molar-refractivity contribution < 1.29 is 19.1 Å². The standard InChI is InChI=1S/C19H23NO5/c1-19(2,3)25-17(22)12-20-10-9-15(11-16(20)21)18(23)24-13-14-7-5-4-6-8-14/h5,7-11H,4,6,12-13H2,1-3H3.